The van der Waals surface area contributed by atoms with Crippen LogP contribution in [0.25, 0.3) is 10.8 Å². The van der Waals surface area contributed by atoms with Gasteiger partial charge in [-0.2, -0.15) is 0 Å². The van der Waals surface area contributed by atoms with E-state index < -0.39 is 6.03 Å². The molecule has 5 N–H and O–H groups in total. The number of primary amides is 1. The van der Waals surface area contributed by atoms with E-state index in [4.69, 9.17) is 5.73 Å². The molecule has 0 aliphatic carbocycles. The third-order valence-corrected chi connectivity index (χ3v) is 5.44. The second-order valence-electron chi connectivity index (χ2n) is 6.95. The van der Waals surface area contributed by atoms with Crippen molar-refractivity contribution in [1.29, 1.82) is 0 Å². The number of amides is 3. The van der Waals surface area contributed by atoms with Gasteiger partial charge in [0.15, 0.2) is 0 Å². The standard InChI is InChI=1S/C19H23N5O2/c20-19(26)21-10-17(25)24-9-8-16-15(11-24)18(23-22-16)14-7-3-5-12-4-1-2-6-13(12)14/h1-7,15-16,18,22-23H,8-11H2,(H3,20,21,26). The van der Waals surface area contributed by atoms with Gasteiger partial charge in [0.25, 0.3) is 0 Å². The summed E-state index contributed by atoms with van der Waals surface area (Å²) in [5.41, 5.74) is 13.2. The number of likely N-dealkylation sites (tertiary alicyclic amines) is 1. The molecule has 26 heavy (non-hydrogen) atoms. The van der Waals surface area contributed by atoms with Crippen LogP contribution < -0.4 is 21.9 Å². The summed E-state index contributed by atoms with van der Waals surface area (Å²) < 4.78 is 0. The molecule has 2 saturated heterocycles. The zero-order chi connectivity index (χ0) is 18.1. The molecular formula is C19H23N5O2. The Balaban J connectivity index is 1.55. The lowest BCUT2D eigenvalue weighted by Crippen LogP contribution is -2.50. The Hall–Kier alpha value is -2.64. The number of hydrogen-bond donors (Lipinski definition) is 4. The van der Waals surface area contributed by atoms with Crippen LogP contribution in [0.3, 0.4) is 0 Å². The average Bonchev–Trinajstić information content (AvgIpc) is 3.08. The molecule has 2 aromatic rings. The molecule has 2 aromatic carbocycles. The summed E-state index contributed by atoms with van der Waals surface area (Å²) in [6.45, 7) is 1.28. The number of hydrazine groups is 1. The molecule has 7 nitrogen and oxygen atoms in total. The van der Waals surface area contributed by atoms with Crippen LogP contribution in [-0.2, 0) is 4.79 Å². The van der Waals surface area contributed by atoms with Gasteiger partial charge < -0.3 is 16.0 Å². The van der Waals surface area contributed by atoms with Gasteiger partial charge in [0, 0.05) is 25.0 Å². The monoisotopic (exact) mass is 353 g/mol. The van der Waals surface area contributed by atoms with Crippen LogP contribution in [0.5, 0.6) is 0 Å². The number of hydrogen-bond acceptors (Lipinski definition) is 4. The molecule has 2 heterocycles. The smallest absolute Gasteiger partial charge is 0.312 e. The van der Waals surface area contributed by atoms with Crippen molar-refractivity contribution in [2.75, 3.05) is 19.6 Å². The number of nitrogens with zero attached hydrogens (tertiary/aromatic N) is 1. The third kappa shape index (κ3) is 3.11. The molecule has 2 fully saturated rings. The maximum absolute atomic E-state index is 12.4. The maximum atomic E-state index is 12.4. The van der Waals surface area contributed by atoms with Gasteiger partial charge in [0.1, 0.15) is 0 Å². The predicted octanol–water partition coefficient (Wildman–Crippen LogP) is 0.874. The number of nitrogens with two attached hydrogens (primary N) is 1. The van der Waals surface area contributed by atoms with Gasteiger partial charge in [-0.3, -0.25) is 10.2 Å². The van der Waals surface area contributed by atoms with Crippen molar-refractivity contribution >= 4 is 22.7 Å². The Bertz CT molecular complexity index is 834. The molecule has 0 aromatic heterocycles. The van der Waals surface area contributed by atoms with E-state index in [-0.39, 0.29) is 24.4 Å². The van der Waals surface area contributed by atoms with E-state index in [0.717, 1.165) is 6.42 Å². The van der Waals surface area contributed by atoms with E-state index in [0.29, 0.717) is 19.1 Å². The Morgan fingerprint density at radius 1 is 1.15 bits per heavy atom. The van der Waals surface area contributed by atoms with E-state index in [1.807, 2.05) is 11.0 Å². The minimum Gasteiger partial charge on any atom is -0.352 e. The number of nitrogens with one attached hydrogen (secondary N) is 3. The largest absolute Gasteiger partial charge is 0.352 e. The molecule has 2 aliphatic rings. The summed E-state index contributed by atoms with van der Waals surface area (Å²) in [4.78, 5) is 25.0. The average molecular weight is 353 g/mol. The fourth-order valence-corrected chi connectivity index (χ4v) is 4.13. The number of carbonyl (C=O) groups is 2. The molecule has 4 rings (SSSR count). The van der Waals surface area contributed by atoms with Gasteiger partial charge >= 0.3 is 6.03 Å². The minimum atomic E-state index is -0.675. The van der Waals surface area contributed by atoms with E-state index in [1.165, 1.54) is 16.3 Å². The SMILES string of the molecule is NC(=O)NCC(=O)N1CCC2NNC(c3cccc4ccccc34)C2C1. The molecule has 7 heteroatoms. The highest BCUT2D eigenvalue weighted by molar-refractivity contribution is 5.86. The van der Waals surface area contributed by atoms with Crippen LogP contribution in [-0.4, -0.2) is 42.5 Å². The second kappa shape index (κ2) is 6.93. The fraction of sp³-hybridized carbons (Fsp3) is 0.368. The molecule has 0 bridgehead atoms. The summed E-state index contributed by atoms with van der Waals surface area (Å²) in [5.74, 6) is 0.179. The van der Waals surface area contributed by atoms with E-state index in [9.17, 15) is 9.59 Å². The van der Waals surface area contributed by atoms with Crippen molar-refractivity contribution in [2.45, 2.75) is 18.5 Å². The first-order chi connectivity index (χ1) is 12.6. The van der Waals surface area contributed by atoms with Crippen LogP contribution in [0.4, 0.5) is 4.79 Å². The number of rotatable bonds is 3. The number of piperidine rings is 1. The molecule has 0 spiro atoms. The number of urea groups is 1. The Labute approximate surface area is 151 Å². The van der Waals surface area contributed by atoms with E-state index >= 15 is 0 Å². The van der Waals surface area contributed by atoms with Gasteiger partial charge in [-0.05, 0) is 22.8 Å². The van der Waals surface area contributed by atoms with Crippen molar-refractivity contribution < 1.29 is 9.59 Å². The zero-order valence-electron chi connectivity index (χ0n) is 14.4. The number of benzene rings is 2. The first kappa shape index (κ1) is 16.8. The second-order valence-corrected chi connectivity index (χ2v) is 6.95. The third-order valence-electron chi connectivity index (χ3n) is 5.44. The minimum absolute atomic E-state index is 0.0491. The summed E-state index contributed by atoms with van der Waals surface area (Å²) >= 11 is 0. The Morgan fingerprint density at radius 3 is 2.81 bits per heavy atom. The van der Waals surface area contributed by atoms with Crippen LogP contribution in [0, 0.1) is 5.92 Å². The van der Waals surface area contributed by atoms with Gasteiger partial charge in [-0.15, -0.1) is 0 Å². The lowest BCUT2D eigenvalue weighted by atomic mass is 9.83. The molecule has 136 valence electrons. The molecule has 3 amide bonds. The summed E-state index contributed by atoms with van der Waals surface area (Å²) in [6.07, 6.45) is 0.876. The fourth-order valence-electron chi connectivity index (χ4n) is 4.13. The molecule has 0 radical (unpaired) electrons. The maximum Gasteiger partial charge on any atom is 0.312 e. The normalized spacial score (nSPS) is 25.1. The van der Waals surface area contributed by atoms with Gasteiger partial charge in [0.2, 0.25) is 5.91 Å². The molecule has 0 saturated carbocycles. The van der Waals surface area contributed by atoms with Crippen LogP contribution in [0.1, 0.15) is 18.0 Å². The number of fused-ring (bicyclic) bond motifs is 2. The lowest BCUT2D eigenvalue weighted by Gasteiger charge is -2.36. The van der Waals surface area contributed by atoms with Crippen molar-refractivity contribution in [1.82, 2.24) is 21.1 Å². The first-order valence-electron chi connectivity index (χ1n) is 8.93. The van der Waals surface area contributed by atoms with E-state index in [2.05, 4.69) is 52.6 Å². The highest BCUT2D eigenvalue weighted by Crippen LogP contribution is 2.36. The lowest BCUT2D eigenvalue weighted by molar-refractivity contribution is -0.132. The van der Waals surface area contributed by atoms with Crippen molar-refractivity contribution in [3.05, 3.63) is 48.0 Å². The Kier molecular flexibility index (Phi) is 4.48. The number of carbonyl (C=O) groups excluding carboxylic acids is 2. The predicted molar refractivity (Wildman–Crippen MR) is 99.0 cm³/mol. The van der Waals surface area contributed by atoms with Crippen molar-refractivity contribution in [3.63, 3.8) is 0 Å². The van der Waals surface area contributed by atoms with Crippen LogP contribution in [0.2, 0.25) is 0 Å². The Morgan fingerprint density at radius 2 is 1.96 bits per heavy atom. The molecule has 3 atom stereocenters. The van der Waals surface area contributed by atoms with Crippen LogP contribution in [0.15, 0.2) is 42.5 Å². The highest BCUT2D eigenvalue weighted by Gasteiger charge is 2.41. The van der Waals surface area contributed by atoms with Gasteiger partial charge in [-0.1, -0.05) is 42.5 Å². The molecular weight excluding hydrogens is 330 g/mol. The van der Waals surface area contributed by atoms with E-state index in [1.54, 1.807) is 0 Å². The van der Waals surface area contributed by atoms with Gasteiger partial charge in [-0.25, -0.2) is 10.2 Å². The zero-order valence-corrected chi connectivity index (χ0v) is 14.4. The van der Waals surface area contributed by atoms with Gasteiger partial charge in [0.05, 0.1) is 12.6 Å². The van der Waals surface area contributed by atoms with Crippen molar-refractivity contribution in [2.24, 2.45) is 11.7 Å². The molecule has 3 unspecified atom stereocenters. The first-order valence-corrected chi connectivity index (χ1v) is 8.93. The summed E-state index contributed by atoms with van der Waals surface area (Å²) in [7, 11) is 0. The topological polar surface area (TPSA) is 99.5 Å². The van der Waals surface area contributed by atoms with Crippen molar-refractivity contribution in [3.8, 4) is 0 Å². The van der Waals surface area contributed by atoms with Crippen LogP contribution >= 0.6 is 0 Å². The summed E-state index contributed by atoms with van der Waals surface area (Å²) in [6, 6.07) is 14.5. The summed E-state index contributed by atoms with van der Waals surface area (Å²) in [5, 5.41) is 4.83. The molecule has 2 aliphatic heterocycles. The quantitative estimate of drug-likeness (QED) is 0.658. The highest BCUT2D eigenvalue weighted by atomic mass is 16.2.